The average Bonchev–Trinajstić information content (AvgIpc) is 3.10. The van der Waals surface area contributed by atoms with Gasteiger partial charge in [0.2, 0.25) is 17.6 Å². The van der Waals surface area contributed by atoms with Crippen molar-refractivity contribution in [1.82, 2.24) is 15.0 Å². The lowest BCUT2D eigenvalue weighted by molar-refractivity contribution is -0.127. The van der Waals surface area contributed by atoms with Crippen LogP contribution in [0.2, 0.25) is 5.02 Å². The zero-order valence-electron chi connectivity index (χ0n) is 15.2. The summed E-state index contributed by atoms with van der Waals surface area (Å²) in [5.74, 6) is 2.07. The number of halogens is 1. The molecule has 140 valence electrons. The van der Waals surface area contributed by atoms with Crippen LogP contribution in [0.1, 0.15) is 17.0 Å². The van der Waals surface area contributed by atoms with Gasteiger partial charge in [-0.3, -0.25) is 4.79 Å². The minimum atomic E-state index is 0.0112. The third-order valence-corrected chi connectivity index (χ3v) is 5.18. The normalized spacial score (nSPS) is 10.8. The van der Waals surface area contributed by atoms with Crippen molar-refractivity contribution in [2.45, 2.75) is 19.2 Å². The Morgan fingerprint density at radius 2 is 2.00 bits per heavy atom. The lowest BCUT2D eigenvalue weighted by Crippen LogP contribution is -2.28. The van der Waals surface area contributed by atoms with E-state index < -0.39 is 0 Å². The van der Waals surface area contributed by atoms with Gasteiger partial charge in [-0.2, -0.15) is 4.98 Å². The minimum Gasteiger partial charge on any atom is -0.337 e. The Kier molecular flexibility index (Phi) is 6.53. The number of carbonyl (C=O) groups is 1. The number of rotatable bonds is 7. The molecule has 2 aromatic carbocycles. The Bertz CT molecular complexity index is 912. The van der Waals surface area contributed by atoms with Crippen LogP contribution in [0.15, 0.2) is 53.1 Å². The van der Waals surface area contributed by atoms with Crippen molar-refractivity contribution in [1.29, 1.82) is 0 Å². The molecule has 0 aliphatic rings. The molecule has 0 unspecified atom stereocenters. The van der Waals surface area contributed by atoms with Gasteiger partial charge in [-0.15, -0.1) is 11.8 Å². The predicted octanol–water partition coefficient (Wildman–Crippen LogP) is 4.59. The van der Waals surface area contributed by atoms with Crippen LogP contribution in [0.3, 0.4) is 0 Å². The number of amides is 1. The molecule has 0 aliphatic carbocycles. The summed E-state index contributed by atoms with van der Waals surface area (Å²) < 4.78 is 5.28. The molecule has 0 saturated carbocycles. The lowest BCUT2D eigenvalue weighted by atomic mass is 10.1. The summed E-state index contributed by atoms with van der Waals surface area (Å²) in [5, 5.41) is 4.70. The van der Waals surface area contributed by atoms with Gasteiger partial charge in [-0.1, -0.05) is 58.7 Å². The molecule has 0 atom stereocenters. The van der Waals surface area contributed by atoms with Crippen LogP contribution in [-0.2, 0) is 17.1 Å². The second-order valence-corrected chi connectivity index (χ2v) is 7.67. The summed E-state index contributed by atoms with van der Waals surface area (Å²) in [6, 6.07) is 15.6. The molecule has 5 nitrogen and oxygen atoms in total. The molecule has 3 aromatic rings. The second kappa shape index (κ2) is 9.06. The number of benzene rings is 2. The van der Waals surface area contributed by atoms with Crippen molar-refractivity contribution >= 4 is 29.3 Å². The maximum Gasteiger partial charge on any atom is 0.246 e. The van der Waals surface area contributed by atoms with E-state index in [2.05, 4.69) is 10.1 Å². The van der Waals surface area contributed by atoms with Crippen LogP contribution in [0.25, 0.3) is 11.4 Å². The number of aryl methyl sites for hydroxylation is 1. The Hall–Kier alpha value is -2.31. The molecular weight excluding hydrogens is 382 g/mol. The van der Waals surface area contributed by atoms with Crippen molar-refractivity contribution < 1.29 is 9.32 Å². The smallest absolute Gasteiger partial charge is 0.246 e. The van der Waals surface area contributed by atoms with Crippen molar-refractivity contribution in [2.75, 3.05) is 12.8 Å². The molecular formula is C20H20ClN3O2S. The Labute approximate surface area is 167 Å². The van der Waals surface area contributed by atoms with E-state index >= 15 is 0 Å². The molecule has 0 N–H and O–H groups in total. The number of carbonyl (C=O) groups excluding carboxylic acids is 1. The summed E-state index contributed by atoms with van der Waals surface area (Å²) in [7, 11) is 1.73. The monoisotopic (exact) mass is 401 g/mol. The summed E-state index contributed by atoms with van der Waals surface area (Å²) >= 11 is 7.52. The highest BCUT2D eigenvalue weighted by Crippen LogP contribution is 2.18. The Balaban J connectivity index is 1.50. The van der Waals surface area contributed by atoms with Gasteiger partial charge in [0.05, 0.1) is 12.3 Å². The van der Waals surface area contributed by atoms with Crippen LogP contribution in [0.5, 0.6) is 0 Å². The SMILES string of the molecule is Cc1ccc(-c2noc(CN(C)C(=O)CSCc3cccc(Cl)c3)n2)cc1. The fraction of sp³-hybridized carbons (Fsp3) is 0.250. The van der Waals surface area contributed by atoms with Gasteiger partial charge >= 0.3 is 0 Å². The van der Waals surface area contributed by atoms with Gasteiger partial charge in [-0.05, 0) is 24.6 Å². The summed E-state index contributed by atoms with van der Waals surface area (Å²) in [6.45, 7) is 2.31. The number of aromatic nitrogens is 2. The van der Waals surface area contributed by atoms with Gasteiger partial charge in [0.1, 0.15) is 0 Å². The second-order valence-electron chi connectivity index (χ2n) is 6.25. The van der Waals surface area contributed by atoms with Gasteiger partial charge in [0.15, 0.2) is 0 Å². The highest BCUT2D eigenvalue weighted by atomic mass is 35.5. The van der Waals surface area contributed by atoms with E-state index in [1.807, 2.05) is 55.5 Å². The third kappa shape index (κ3) is 5.58. The molecule has 3 rings (SSSR count). The molecule has 0 saturated heterocycles. The third-order valence-electron chi connectivity index (χ3n) is 3.96. The maximum absolute atomic E-state index is 12.3. The standard InChI is InChI=1S/C20H20ClN3O2S/c1-14-6-8-16(9-7-14)20-22-18(26-23-20)11-24(2)19(25)13-27-12-15-4-3-5-17(21)10-15/h3-10H,11-13H2,1-2H3. The number of hydrogen-bond acceptors (Lipinski definition) is 5. The van der Waals surface area contributed by atoms with E-state index in [9.17, 15) is 4.79 Å². The first-order chi connectivity index (χ1) is 13.0. The fourth-order valence-corrected chi connectivity index (χ4v) is 3.55. The van der Waals surface area contributed by atoms with Crippen molar-refractivity contribution in [3.63, 3.8) is 0 Å². The van der Waals surface area contributed by atoms with E-state index in [4.69, 9.17) is 16.1 Å². The molecule has 0 bridgehead atoms. The highest BCUT2D eigenvalue weighted by molar-refractivity contribution is 7.99. The van der Waals surface area contributed by atoms with Crippen LogP contribution in [-0.4, -0.2) is 33.7 Å². The number of hydrogen-bond donors (Lipinski definition) is 0. The summed E-state index contributed by atoms with van der Waals surface area (Å²) in [6.07, 6.45) is 0. The number of thioether (sulfide) groups is 1. The fourth-order valence-electron chi connectivity index (χ4n) is 2.42. The van der Waals surface area contributed by atoms with Crippen LogP contribution in [0.4, 0.5) is 0 Å². The molecule has 27 heavy (non-hydrogen) atoms. The zero-order valence-corrected chi connectivity index (χ0v) is 16.8. The summed E-state index contributed by atoms with van der Waals surface area (Å²) in [4.78, 5) is 18.3. The van der Waals surface area contributed by atoms with Crippen LogP contribution in [0, 0.1) is 6.92 Å². The molecule has 1 amide bonds. The minimum absolute atomic E-state index is 0.0112. The van der Waals surface area contributed by atoms with Crippen LogP contribution >= 0.6 is 23.4 Å². The largest absolute Gasteiger partial charge is 0.337 e. The first kappa shape index (κ1) is 19.5. The van der Waals surface area contributed by atoms with E-state index in [1.165, 1.54) is 5.56 Å². The molecule has 1 aromatic heterocycles. The van der Waals surface area contributed by atoms with Gasteiger partial charge in [0, 0.05) is 23.4 Å². The quantitative estimate of drug-likeness (QED) is 0.579. The lowest BCUT2D eigenvalue weighted by Gasteiger charge is -2.14. The summed E-state index contributed by atoms with van der Waals surface area (Å²) in [5.41, 5.74) is 3.16. The average molecular weight is 402 g/mol. The first-order valence-corrected chi connectivity index (χ1v) is 10.0. The maximum atomic E-state index is 12.3. The predicted molar refractivity (Wildman–Crippen MR) is 109 cm³/mol. The van der Waals surface area contributed by atoms with E-state index in [0.29, 0.717) is 22.5 Å². The van der Waals surface area contributed by atoms with E-state index in [0.717, 1.165) is 16.9 Å². The Morgan fingerprint density at radius 3 is 2.74 bits per heavy atom. The Morgan fingerprint density at radius 1 is 1.22 bits per heavy atom. The molecule has 7 heteroatoms. The van der Waals surface area contributed by atoms with Gasteiger partial charge in [-0.25, -0.2) is 0 Å². The molecule has 0 aliphatic heterocycles. The number of nitrogens with zero attached hydrogens (tertiary/aromatic N) is 3. The first-order valence-electron chi connectivity index (χ1n) is 8.47. The van der Waals surface area contributed by atoms with Crippen molar-refractivity contribution in [3.05, 3.63) is 70.6 Å². The van der Waals surface area contributed by atoms with Crippen LogP contribution < -0.4 is 0 Å². The molecule has 1 heterocycles. The molecule has 0 spiro atoms. The molecule has 0 fully saturated rings. The van der Waals surface area contributed by atoms with Crippen molar-refractivity contribution in [2.24, 2.45) is 0 Å². The van der Waals surface area contributed by atoms with E-state index in [1.54, 1.807) is 23.7 Å². The van der Waals surface area contributed by atoms with Gasteiger partial charge < -0.3 is 9.42 Å². The molecule has 0 radical (unpaired) electrons. The zero-order chi connectivity index (χ0) is 19.2. The highest BCUT2D eigenvalue weighted by Gasteiger charge is 2.14. The topological polar surface area (TPSA) is 59.2 Å². The van der Waals surface area contributed by atoms with E-state index in [-0.39, 0.29) is 12.5 Å². The van der Waals surface area contributed by atoms with Gasteiger partial charge in [0.25, 0.3) is 0 Å². The van der Waals surface area contributed by atoms with Crippen molar-refractivity contribution in [3.8, 4) is 11.4 Å².